The van der Waals surface area contributed by atoms with Gasteiger partial charge in [0.15, 0.2) is 0 Å². The van der Waals surface area contributed by atoms with Gasteiger partial charge in [-0.1, -0.05) is 0 Å². The molecular weight excluding hydrogens is 228 g/mol. The van der Waals surface area contributed by atoms with Crippen molar-refractivity contribution < 1.29 is 0 Å². The summed E-state index contributed by atoms with van der Waals surface area (Å²) in [5.74, 6) is 0. The Bertz CT molecular complexity index is 360. The molecule has 1 N–H and O–H groups in total. The number of aryl methyl sites for hydroxylation is 2. The Balaban J connectivity index is 1.44. The Morgan fingerprint density at radius 2 is 2.29 bits per heavy atom. The summed E-state index contributed by atoms with van der Waals surface area (Å²) in [6.45, 7) is 3.44. The lowest BCUT2D eigenvalue weighted by Gasteiger charge is -2.15. The molecule has 2 aliphatic carbocycles. The van der Waals surface area contributed by atoms with Crippen LogP contribution in [-0.4, -0.2) is 31.1 Å². The summed E-state index contributed by atoms with van der Waals surface area (Å²) >= 11 is 2.04. The van der Waals surface area contributed by atoms with Gasteiger partial charge < -0.3 is 10.2 Å². The number of hydrogen-bond acceptors (Lipinski definition) is 3. The molecule has 2 aliphatic rings. The molecule has 0 spiro atoms. The van der Waals surface area contributed by atoms with E-state index in [0.29, 0.717) is 0 Å². The molecule has 3 heteroatoms. The van der Waals surface area contributed by atoms with Crippen molar-refractivity contribution in [3.8, 4) is 0 Å². The van der Waals surface area contributed by atoms with Gasteiger partial charge in [0.25, 0.3) is 0 Å². The van der Waals surface area contributed by atoms with Crippen LogP contribution in [0.4, 0.5) is 0 Å². The first kappa shape index (κ1) is 11.7. The molecule has 1 heterocycles. The SMILES string of the molecule is CN(CCNC1CC1)Cc1cc2c(s1)CCC2. The highest BCUT2D eigenvalue weighted by atomic mass is 32.1. The van der Waals surface area contributed by atoms with E-state index < -0.39 is 0 Å². The minimum Gasteiger partial charge on any atom is -0.313 e. The van der Waals surface area contributed by atoms with Crippen LogP contribution in [0.2, 0.25) is 0 Å². The minimum atomic E-state index is 0.842. The van der Waals surface area contributed by atoms with Gasteiger partial charge in [-0.3, -0.25) is 0 Å². The Hall–Kier alpha value is -0.380. The molecule has 1 fully saturated rings. The van der Waals surface area contributed by atoms with Gasteiger partial charge in [-0.15, -0.1) is 11.3 Å². The second-order valence-electron chi connectivity index (χ2n) is 5.48. The lowest BCUT2D eigenvalue weighted by molar-refractivity contribution is 0.326. The Morgan fingerprint density at radius 3 is 3.06 bits per heavy atom. The van der Waals surface area contributed by atoms with Crippen LogP contribution in [0.1, 0.15) is 34.6 Å². The Labute approximate surface area is 108 Å². The molecule has 0 radical (unpaired) electrons. The van der Waals surface area contributed by atoms with Gasteiger partial charge in [0, 0.05) is 35.4 Å². The molecule has 0 atom stereocenters. The van der Waals surface area contributed by atoms with Crippen molar-refractivity contribution in [1.29, 1.82) is 0 Å². The first-order chi connectivity index (χ1) is 8.31. The molecule has 2 nitrogen and oxygen atoms in total. The highest BCUT2D eigenvalue weighted by Crippen LogP contribution is 2.31. The summed E-state index contributed by atoms with van der Waals surface area (Å²) in [6.07, 6.45) is 6.80. The largest absolute Gasteiger partial charge is 0.313 e. The van der Waals surface area contributed by atoms with E-state index in [0.717, 1.165) is 19.1 Å². The second-order valence-corrected chi connectivity index (χ2v) is 6.70. The Kier molecular flexibility index (Phi) is 3.50. The quantitative estimate of drug-likeness (QED) is 0.834. The van der Waals surface area contributed by atoms with E-state index in [9.17, 15) is 0 Å². The number of hydrogen-bond donors (Lipinski definition) is 1. The van der Waals surface area contributed by atoms with Crippen molar-refractivity contribution in [2.45, 2.75) is 44.7 Å². The van der Waals surface area contributed by atoms with Gasteiger partial charge in [-0.05, 0) is 50.8 Å². The lowest BCUT2D eigenvalue weighted by atomic mass is 10.2. The average molecular weight is 250 g/mol. The van der Waals surface area contributed by atoms with E-state index in [2.05, 4.69) is 23.3 Å². The fraction of sp³-hybridized carbons (Fsp3) is 0.714. The monoisotopic (exact) mass is 250 g/mol. The van der Waals surface area contributed by atoms with Gasteiger partial charge in [0.1, 0.15) is 0 Å². The summed E-state index contributed by atoms with van der Waals surface area (Å²) in [7, 11) is 2.24. The zero-order chi connectivity index (χ0) is 11.7. The topological polar surface area (TPSA) is 15.3 Å². The molecule has 17 heavy (non-hydrogen) atoms. The maximum Gasteiger partial charge on any atom is 0.0325 e. The third-order valence-electron chi connectivity index (χ3n) is 3.73. The number of nitrogens with one attached hydrogen (secondary N) is 1. The van der Waals surface area contributed by atoms with Crippen LogP contribution in [0.5, 0.6) is 0 Å². The molecule has 0 amide bonds. The minimum absolute atomic E-state index is 0.842. The molecule has 1 aromatic rings. The first-order valence-electron chi connectivity index (χ1n) is 6.83. The molecule has 3 rings (SSSR count). The summed E-state index contributed by atoms with van der Waals surface area (Å²) in [5, 5.41) is 3.57. The smallest absolute Gasteiger partial charge is 0.0325 e. The van der Waals surface area contributed by atoms with Gasteiger partial charge in [0.05, 0.1) is 0 Å². The molecule has 0 unspecified atom stereocenters. The molecule has 0 bridgehead atoms. The van der Waals surface area contributed by atoms with Crippen molar-refractivity contribution in [3.63, 3.8) is 0 Å². The van der Waals surface area contributed by atoms with Crippen LogP contribution in [-0.2, 0) is 19.4 Å². The number of rotatable bonds is 6. The van der Waals surface area contributed by atoms with Crippen molar-refractivity contribution in [1.82, 2.24) is 10.2 Å². The van der Waals surface area contributed by atoms with E-state index in [4.69, 9.17) is 0 Å². The highest BCUT2D eigenvalue weighted by Gasteiger charge is 2.20. The van der Waals surface area contributed by atoms with Gasteiger partial charge in [0.2, 0.25) is 0 Å². The molecular formula is C14H22N2S. The number of fused-ring (bicyclic) bond motifs is 1. The molecule has 0 aromatic carbocycles. The predicted molar refractivity (Wildman–Crippen MR) is 73.7 cm³/mol. The van der Waals surface area contributed by atoms with E-state index in [-0.39, 0.29) is 0 Å². The molecule has 1 aromatic heterocycles. The van der Waals surface area contributed by atoms with E-state index in [1.807, 2.05) is 11.3 Å². The maximum atomic E-state index is 3.57. The van der Waals surface area contributed by atoms with Crippen LogP contribution in [0.25, 0.3) is 0 Å². The van der Waals surface area contributed by atoms with Crippen LogP contribution >= 0.6 is 11.3 Å². The molecule has 0 aliphatic heterocycles. The van der Waals surface area contributed by atoms with Crippen LogP contribution in [0.3, 0.4) is 0 Å². The lowest BCUT2D eigenvalue weighted by Crippen LogP contribution is -2.29. The average Bonchev–Trinajstić information content (AvgIpc) is 2.87. The summed E-state index contributed by atoms with van der Waals surface area (Å²) in [5.41, 5.74) is 1.63. The van der Waals surface area contributed by atoms with Crippen LogP contribution < -0.4 is 5.32 Å². The third kappa shape index (κ3) is 3.09. The van der Waals surface area contributed by atoms with Crippen molar-refractivity contribution in [2.75, 3.05) is 20.1 Å². The van der Waals surface area contributed by atoms with Crippen molar-refractivity contribution >= 4 is 11.3 Å². The maximum absolute atomic E-state index is 3.57. The van der Waals surface area contributed by atoms with E-state index >= 15 is 0 Å². The van der Waals surface area contributed by atoms with E-state index in [1.165, 1.54) is 38.6 Å². The highest BCUT2D eigenvalue weighted by molar-refractivity contribution is 7.12. The predicted octanol–water partition coefficient (Wildman–Crippen LogP) is 2.42. The van der Waals surface area contributed by atoms with Crippen molar-refractivity contribution in [2.24, 2.45) is 0 Å². The van der Waals surface area contributed by atoms with Gasteiger partial charge in [-0.25, -0.2) is 0 Å². The van der Waals surface area contributed by atoms with Gasteiger partial charge >= 0.3 is 0 Å². The normalized spacial score (nSPS) is 18.9. The fourth-order valence-corrected chi connectivity index (χ4v) is 3.90. The zero-order valence-electron chi connectivity index (χ0n) is 10.7. The number of thiophene rings is 1. The van der Waals surface area contributed by atoms with Crippen LogP contribution in [0.15, 0.2) is 6.07 Å². The van der Waals surface area contributed by atoms with Crippen molar-refractivity contribution in [3.05, 3.63) is 21.4 Å². The zero-order valence-corrected chi connectivity index (χ0v) is 11.5. The third-order valence-corrected chi connectivity index (χ3v) is 4.95. The van der Waals surface area contributed by atoms with Crippen LogP contribution in [0, 0.1) is 0 Å². The summed E-state index contributed by atoms with van der Waals surface area (Å²) in [4.78, 5) is 5.66. The molecule has 1 saturated carbocycles. The molecule has 0 saturated heterocycles. The number of nitrogens with zero attached hydrogens (tertiary/aromatic N) is 1. The fourth-order valence-electron chi connectivity index (χ4n) is 2.56. The molecule has 94 valence electrons. The Morgan fingerprint density at radius 1 is 1.41 bits per heavy atom. The number of likely N-dealkylation sites (N-methyl/N-ethyl adjacent to an activating group) is 1. The summed E-state index contributed by atoms with van der Waals surface area (Å²) in [6, 6.07) is 3.28. The van der Waals surface area contributed by atoms with Gasteiger partial charge in [-0.2, -0.15) is 0 Å². The first-order valence-corrected chi connectivity index (χ1v) is 7.65. The summed E-state index contributed by atoms with van der Waals surface area (Å²) < 4.78 is 0. The van der Waals surface area contributed by atoms with E-state index in [1.54, 1.807) is 15.3 Å². The second kappa shape index (κ2) is 5.09. The standard InChI is InChI=1S/C14H22N2S/c1-16(8-7-15-12-5-6-12)10-13-9-11-3-2-4-14(11)17-13/h9,12,15H,2-8,10H2,1H3.